The van der Waals surface area contributed by atoms with Crippen molar-refractivity contribution in [2.75, 3.05) is 30.4 Å². The zero-order valence-electron chi connectivity index (χ0n) is 15.9. The number of hydrogen-bond donors (Lipinski definition) is 1. The summed E-state index contributed by atoms with van der Waals surface area (Å²) in [4.78, 5) is 19.0. The van der Waals surface area contributed by atoms with Crippen LogP contribution in [0.3, 0.4) is 0 Å². The summed E-state index contributed by atoms with van der Waals surface area (Å²) in [6, 6.07) is 19.7. The van der Waals surface area contributed by atoms with E-state index in [2.05, 4.69) is 22.4 Å². The fourth-order valence-electron chi connectivity index (χ4n) is 3.56. The van der Waals surface area contributed by atoms with Crippen LogP contribution in [0.25, 0.3) is 0 Å². The highest BCUT2D eigenvalue weighted by Crippen LogP contribution is 2.28. The minimum absolute atomic E-state index is 0.0504. The molecule has 1 aliphatic heterocycles. The van der Waals surface area contributed by atoms with Crippen LogP contribution < -0.4 is 15.0 Å². The van der Waals surface area contributed by atoms with Gasteiger partial charge < -0.3 is 15.0 Å². The van der Waals surface area contributed by atoms with Gasteiger partial charge >= 0.3 is 0 Å². The summed E-state index contributed by atoms with van der Waals surface area (Å²) in [6.07, 6.45) is 3.46. The number of aromatic nitrogens is 1. The molecule has 142 valence electrons. The Morgan fingerprint density at radius 2 is 1.93 bits per heavy atom. The van der Waals surface area contributed by atoms with Crippen LogP contribution >= 0.6 is 0 Å². The normalized spacial score (nSPS) is 12.5. The standard InChI is InChI=1S/C23H23N3O2/c1-28-22-9-5-3-7-18(22)12-14-24-19-10-11-20(25-16-19)23(27)26-15-13-17-6-2-4-8-21(17)26/h2-11,16,24H,12-15H2,1H3. The molecule has 0 bridgehead atoms. The van der Waals surface area contributed by atoms with Crippen molar-refractivity contribution in [2.45, 2.75) is 12.8 Å². The Hall–Kier alpha value is -3.34. The van der Waals surface area contributed by atoms with Gasteiger partial charge in [-0.2, -0.15) is 0 Å². The summed E-state index contributed by atoms with van der Waals surface area (Å²) in [5.41, 5.74) is 4.73. The third kappa shape index (κ3) is 3.69. The number of methoxy groups -OCH3 is 1. The van der Waals surface area contributed by atoms with Crippen molar-refractivity contribution in [1.29, 1.82) is 0 Å². The van der Waals surface area contributed by atoms with E-state index in [1.54, 1.807) is 19.4 Å². The molecule has 1 aromatic heterocycles. The van der Waals surface area contributed by atoms with Crippen LogP contribution in [0.2, 0.25) is 0 Å². The van der Waals surface area contributed by atoms with Crippen LogP contribution in [0.15, 0.2) is 66.9 Å². The summed E-state index contributed by atoms with van der Waals surface area (Å²) in [6.45, 7) is 1.47. The number of fused-ring (bicyclic) bond motifs is 1. The molecule has 0 unspecified atom stereocenters. The van der Waals surface area contributed by atoms with Crippen LogP contribution in [0.5, 0.6) is 5.75 Å². The lowest BCUT2D eigenvalue weighted by molar-refractivity contribution is 0.0984. The number of para-hydroxylation sites is 2. The Morgan fingerprint density at radius 3 is 2.75 bits per heavy atom. The molecular weight excluding hydrogens is 350 g/mol. The number of ether oxygens (including phenoxy) is 1. The molecule has 0 saturated carbocycles. The van der Waals surface area contributed by atoms with E-state index in [4.69, 9.17) is 4.74 Å². The molecule has 5 heteroatoms. The largest absolute Gasteiger partial charge is 0.496 e. The van der Waals surface area contributed by atoms with E-state index in [9.17, 15) is 4.79 Å². The number of pyridine rings is 1. The summed E-state index contributed by atoms with van der Waals surface area (Å²) >= 11 is 0. The van der Waals surface area contributed by atoms with Gasteiger partial charge in [-0.25, -0.2) is 4.98 Å². The minimum atomic E-state index is -0.0504. The summed E-state index contributed by atoms with van der Waals surface area (Å²) < 4.78 is 5.38. The molecule has 0 radical (unpaired) electrons. The molecule has 1 N–H and O–H groups in total. The van der Waals surface area contributed by atoms with Gasteiger partial charge in [-0.3, -0.25) is 4.79 Å². The molecule has 0 fully saturated rings. The monoisotopic (exact) mass is 373 g/mol. The second-order valence-corrected chi connectivity index (χ2v) is 6.76. The number of nitrogens with zero attached hydrogens (tertiary/aromatic N) is 2. The lowest BCUT2D eigenvalue weighted by atomic mass is 10.1. The minimum Gasteiger partial charge on any atom is -0.496 e. The molecule has 4 rings (SSSR count). The zero-order valence-corrected chi connectivity index (χ0v) is 15.9. The molecule has 1 amide bonds. The van der Waals surface area contributed by atoms with Crippen molar-refractivity contribution >= 4 is 17.3 Å². The molecule has 0 saturated heterocycles. The van der Waals surface area contributed by atoms with Crippen LogP contribution in [0.4, 0.5) is 11.4 Å². The number of carbonyl (C=O) groups is 1. The molecule has 1 aliphatic rings. The molecule has 0 spiro atoms. The maximum Gasteiger partial charge on any atom is 0.276 e. The summed E-state index contributed by atoms with van der Waals surface area (Å²) in [7, 11) is 1.69. The first-order chi connectivity index (χ1) is 13.8. The van der Waals surface area contributed by atoms with Gasteiger partial charge in [0.15, 0.2) is 0 Å². The van der Waals surface area contributed by atoms with Gasteiger partial charge in [-0.1, -0.05) is 36.4 Å². The Morgan fingerprint density at radius 1 is 1.11 bits per heavy atom. The number of benzene rings is 2. The molecule has 3 aromatic rings. The summed E-state index contributed by atoms with van der Waals surface area (Å²) in [5.74, 6) is 0.847. The number of rotatable bonds is 6. The quantitative estimate of drug-likeness (QED) is 0.711. The molecule has 5 nitrogen and oxygen atoms in total. The smallest absolute Gasteiger partial charge is 0.276 e. The molecular formula is C23H23N3O2. The Balaban J connectivity index is 1.37. The highest BCUT2D eigenvalue weighted by Gasteiger charge is 2.25. The predicted octanol–water partition coefficient (Wildman–Crippen LogP) is 3.95. The molecule has 2 aromatic carbocycles. The van der Waals surface area contributed by atoms with E-state index >= 15 is 0 Å². The van der Waals surface area contributed by atoms with Gasteiger partial charge in [0.05, 0.1) is 19.0 Å². The number of anilines is 2. The Bertz CT molecular complexity index is 970. The lowest BCUT2D eigenvalue weighted by Crippen LogP contribution is -2.29. The van der Waals surface area contributed by atoms with E-state index in [-0.39, 0.29) is 5.91 Å². The van der Waals surface area contributed by atoms with Crippen molar-refractivity contribution in [3.63, 3.8) is 0 Å². The second-order valence-electron chi connectivity index (χ2n) is 6.76. The van der Waals surface area contributed by atoms with Gasteiger partial charge in [0.1, 0.15) is 11.4 Å². The first-order valence-electron chi connectivity index (χ1n) is 9.48. The van der Waals surface area contributed by atoms with Gasteiger partial charge in [0.25, 0.3) is 5.91 Å². The van der Waals surface area contributed by atoms with Crippen molar-refractivity contribution in [1.82, 2.24) is 4.98 Å². The molecule has 0 atom stereocenters. The van der Waals surface area contributed by atoms with E-state index in [0.717, 1.165) is 42.1 Å². The van der Waals surface area contributed by atoms with Crippen LogP contribution in [0.1, 0.15) is 21.6 Å². The third-order valence-electron chi connectivity index (χ3n) is 5.03. The van der Waals surface area contributed by atoms with Crippen LogP contribution in [0, 0.1) is 0 Å². The van der Waals surface area contributed by atoms with Crippen molar-refractivity contribution in [2.24, 2.45) is 0 Å². The van der Waals surface area contributed by atoms with E-state index in [1.165, 1.54) is 5.56 Å². The average Bonchev–Trinajstić information content (AvgIpc) is 3.18. The fraction of sp³-hybridized carbons (Fsp3) is 0.217. The summed E-state index contributed by atoms with van der Waals surface area (Å²) in [5, 5.41) is 3.35. The maximum absolute atomic E-state index is 12.8. The fourth-order valence-corrected chi connectivity index (χ4v) is 3.56. The topological polar surface area (TPSA) is 54.5 Å². The number of carbonyl (C=O) groups excluding carboxylic acids is 1. The van der Waals surface area contributed by atoms with Crippen molar-refractivity contribution in [3.05, 3.63) is 83.7 Å². The number of hydrogen-bond acceptors (Lipinski definition) is 4. The van der Waals surface area contributed by atoms with Crippen LogP contribution in [-0.2, 0) is 12.8 Å². The molecule has 0 aliphatic carbocycles. The Labute approximate surface area is 165 Å². The predicted molar refractivity (Wildman–Crippen MR) is 111 cm³/mol. The van der Waals surface area contributed by atoms with Gasteiger partial charge in [-0.15, -0.1) is 0 Å². The van der Waals surface area contributed by atoms with E-state index < -0.39 is 0 Å². The first-order valence-corrected chi connectivity index (χ1v) is 9.48. The van der Waals surface area contributed by atoms with E-state index in [1.807, 2.05) is 47.4 Å². The van der Waals surface area contributed by atoms with Gasteiger partial charge in [-0.05, 0) is 48.2 Å². The van der Waals surface area contributed by atoms with Crippen molar-refractivity contribution < 1.29 is 9.53 Å². The lowest BCUT2D eigenvalue weighted by Gasteiger charge is -2.17. The highest BCUT2D eigenvalue weighted by molar-refractivity contribution is 6.06. The molecule has 2 heterocycles. The number of amides is 1. The number of nitrogens with one attached hydrogen (secondary N) is 1. The Kier molecular flexibility index (Phi) is 5.24. The second kappa shape index (κ2) is 8.13. The van der Waals surface area contributed by atoms with Gasteiger partial charge in [0.2, 0.25) is 0 Å². The van der Waals surface area contributed by atoms with Gasteiger partial charge in [0, 0.05) is 18.8 Å². The van der Waals surface area contributed by atoms with E-state index in [0.29, 0.717) is 12.2 Å². The highest BCUT2D eigenvalue weighted by atomic mass is 16.5. The van der Waals surface area contributed by atoms with Crippen LogP contribution in [-0.4, -0.2) is 31.1 Å². The maximum atomic E-state index is 12.8. The first kappa shape index (κ1) is 18.0. The van der Waals surface area contributed by atoms with Crippen molar-refractivity contribution in [3.8, 4) is 5.75 Å². The third-order valence-corrected chi connectivity index (χ3v) is 5.03. The zero-order chi connectivity index (χ0) is 19.3. The average molecular weight is 373 g/mol. The molecule has 28 heavy (non-hydrogen) atoms. The SMILES string of the molecule is COc1ccccc1CCNc1ccc(C(=O)N2CCc3ccccc32)nc1.